The molecule has 0 radical (unpaired) electrons. The van der Waals surface area contributed by atoms with Gasteiger partial charge in [0.05, 0.1) is 11.4 Å². The van der Waals surface area contributed by atoms with E-state index in [1.54, 1.807) is 11.3 Å². The van der Waals surface area contributed by atoms with Gasteiger partial charge in [-0.25, -0.2) is 0 Å². The van der Waals surface area contributed by atoms with Crippen molar-refractivity contribution < 1.29 is 4.79 Å². The predicted octanol–water partition coefficient (Wildman–Crippen LogP) is 2.27. The fourth-order valence-electron chi connectivity index (χ4n) is 2.66. The summed E-state index contributed by atoms with van der Waals surface area (Å²) in [7, 11) is 0. The summed E-state index contributed by atoms with van der Waals surface area (Å²) in [5.74, 6) is 1.26. The first-order valence-corrected chi connectivity index (χ1v) is 8.07. The largest absolute Gasteiger partial charge is 0.301 e. The topological polar surface area (TPSA) is 23.6 Å². The molecule has 2 fully saturated rings. The molecule has 1 saturated carbocycles. The molecule has 0 unspecified atom stereocenters. The summed E-state index contributed by atoms with van der Waals surface area (Å²) in [6, 6.07) is 4.00. The van der Waals surface area contributed by atoms with Gasteiger partial charge in [0.15, 0.2) is 5.78 Å². The van der Waals surface area contributed by atoms with Crippen LogP contribution in [0.5, 0.6) is 0 Å². The Morgan fingerprint density at radius 3 is 2.47 bits per heavy atom. The van der Waals surface area contributed by atoms with Crippen molar-refractivity contribution in [2.24, 2.45) is 5.92 Å². The highest BCUT2D eigenvalue weighted by molar-refractivity contribution is 7.14. The minimum atomic E-state index is 0.286. The van der Waals surface area contributed by atoms with Crippen LogP contribution in [0.2, 0.25) is 0 Å². The molecule has 0 atom stereocenters. The number of hydrogen-bond acceptors (Lipinski definition) is 4. The number of thiophene rings is 1. The standard InChI is InChI=1S/C15H22N2OS/c1-12-2-5-15(19-12)14(18)11-17-8-6-16(7-9-17)10-13-3-4-13/h2,5,13H,3-4,6-11H2,1H3. The summed E-state index contributed by atoms with van der Waals surface area (Å²) in [6.07, 6.45) is 2.85. The van der Waals surface area contributed by atoms with E-state index in [9.17, 15) is 4.79 Å². The Morgan fingerprint density at radius 2 is 1.89 bits per heavy atom. The lowest BCUT2D eigenvalue weighted by atomic mass is 10.2. The third-order valence-electron chi connectivity index (χ3n) is 4.06. The van der Waals surface area contributed by atoms with Crippen LogP contribution in [0, 0.1) is 12.8 Å². The van der Waals surface area contributed by atoms with Gasteiger partial charge >= 0.3 is 0 Å². The molecule has 0 aromatic carbocycles. The minimum Gasteiger partial charge on any atom is -0.301 e. The highest BCUT2D eigenvalue weighted by Gasteiger charge is 2.26. The van der Waals surface area contributed by atoms with Gasteiger partial charge in [-0.15, -0.1) is 11.3 Å². The van der Waals surface area contributed by atoms with E-state index in [0.29, 0.717) is 6.54 Å². The quantitative estimate of drug-likeness (QED) is 0.772. The number of aryl methyl sites for hydroxylation is 1. The molecule has 0 spiro atoms. The molecule has 19 heavy (non-hydrogen) atoms. The fourth-order valence-corrected chi connectivity index (χ4v) is 3.46. The number of piperazine rings is 1. The molecular weight excluding hydrogens is 256 g/mol. The Bertz CT molecular complexity index is 445. The van der Waals surface area contributed by atoms with Gasteiger partial charge in [-0.3, -0.25) is 9.69 Å². The Kier molecular flexibility index (Phi) is 4.01. The summed E-state index contributed by atoms with van der Waals surface area (Å²) in [5.41, 5.74) is 0. The lowest BCUT2D eigenvalue weighted by molar-refractivity contribution is 0.0851. The van der Waals surface area contributed by atoms with E-state index in [1.807, 2.05) is 12.1 Å². The van der Waals surface area contributed by atoms with Gasteiger partial charge in [-0.05, 0) is 37.8 Å². The average molecular weight is 278 g/mol. The SMILES string of the molecule is Cc1ccc(C(=O)CN2CCN(CC3CC3)CC2)s1. The second kappa shape index (κ2) is 5.73. The second-order valence-corrected chi connectivity index (χ2v) is 7.14. The lowest BCUT2D eigenvalue weighted by Crippen LogP contribution is -2.48. The van der Waals surface area contributed by atoms with Crippen molar-refractivity contribution in [1.29, 1.82) is 0 Å². The van der Waals surface area contributed by atoms with Crippen molar-refractivity contribution in [3.05, 3.63) is 21.9 Å². The van der Waals surface area contributed by atoms with Crippen LogP contribution in [0.3, 0.4) is 0 Å². The fraction of sp³-hybridized carbons (Fsp3) is 0.667. The maximum Gasteiger partial charge on any atom is 0.186 e. The molecule has 0 bridgehead atoms. The molecule has 1 aliphatic carbocycles. The molecule has 1 aliphatic heterocycles. The summed E-state index contributed by atoms with van der Waals surface area (Å²) >= 11 is 1.62. The molecular formula is C15H22N2OS. The van der Waals surface area contributed by atoms with Crippen LogP contribution in [0.1, 0.15) is 27.4 Å². The van der Waals surface area contributed by atoms with E-state index in [0.717, 1.165) is 37.0 Å². The van der Waals surface area contributed by atoms with Gasteiger partial charge in [0, 0.05) is 37.6 Å². The van der Waals surface area contributed by atoms with E-state index in [1.165, 1.54) is 24.3 Å². The van der Waals surface area contributed by atoms with Crippen molar-refractivity contribution in [3.63, 3.8) is 0 Å². The van der Waals surface area contributed by atoms with Crippen molar-refractivity contribution in [3.8, 4) is 0 Å². The van der Waals surface area contributed by atoms with E-state index in [2.05, 4.69) is 16.7 Å². The first-order chi connectivity index (χ1) is 9.20. The van der Waals surface area contributed by atoms with Crippen LogP contribution in [-0.2, 0) is 0 Å². The summed E-state index contributed by atoms with van der Waals surface area (Å²) in [6.45, 7) is 8.29. The van der Waals surface area contributed by atoms with Gasteiger partial charge < -0.3 is 4.90 Å². The number of nitrogens with zero attached hydrogens (tertiary/aromatic N) is 2. The van der Waals surface area contributed by atoms with Crippen LogP contribution in [0.4, 0.5) is 0 Å². The monoisotopic (exact) mass is 278 g/mol. The zero-order valence-electron chi connectivity index (χ0n) is 11.6. The zero-order valence-corrected chi connectivity index (χ0v) is 12.4. The second-order valence-electron chi connectivity index (χ2n) is 5.85. The number of hydrogen-bond donors (Lipinski definition) is 0. The highest BCUT2D eigenvalue weighted by atomic mass is 32.1. The molecule has 0 N–H and O–H groups in total. The third-order valence-corrected chi connectivity index (χ3v) is 5.10. The molecule has 3 rings (SSSR count). The smallest absolute Gasteiger partial charge is 0.186 e. The van der Waals surface area contributed by atoms with Gasteiger partial charge in [0.1, 0.15) is 0 Å². The van der Waals surface area contributed by atoms with Crippen LogP contribution in [0.25, 0.3) is 0 Å². The molecule has 1 saturated heterocycles. The van der Waals surface area contributed by atoms with E-state index in [4.69, 9.17) is 0 Å². The van der Waals surface area contributed by atoms with Crippen LogP contribution in [-0.4, -0.2) is 54.9 Å². The first-order valence-electron chi connectivity index (χ1n) is 7.25. The Balaban J connectivity index is 1.45. The minimum absolute atomic E-state index is 0.286. The molecule has 3 nitrogen and oxygen atoms in total. The molecule has 4 heteroatoms. The van der Waals surface area contributed by atoms with Crippen LogP contribution < -0.4 is 0 Å². The van der Waals surface area contributed by atoms with Gasteiger partial charge in [-0.2, -0.15) is 0 Å². The molecule has 0 amide bonds. The van der Waals surface area contributed by atoms with Crippen molar-refractivity contribution in [2.45, 2.75) is 19.8 Å². The Hall–Kier alpha value is -0.710. The summed E-state index contributed by atoms with van der Waals surface area (Å²) in [4.78, 5) is 19.2. The maximum atomic E-state index is 12.2. The molecule has 1 aromatic rings. The lowest BCUT2D eigenvalue weighted by Gasteiger charge is -2.34. The zero-order chi connectivity index (χ0) is 13.2. The van der Waals surface area contributed by atoms with E-state index >= 15 is 0 Å². The van der Waals surface area contributed by atoms with Crippen LogP contribution >= 0.6 is 11.3 Å². The summed E-state index contributed by atoms with van der Waals surface area (Å²) in [5, 5.41) is 0. The molecule has 104 valence electrons. The maximum absolute atomic E-state index is 12.2. The third kappa shape index (κ3) is 3.65. The molecule has 2 heterocycles. The van der Waals surface area contributed by atoms with E-state index < -0.39 is 0 Å². The van der Waals surface area contributed by atoms with Crippen molar-refractivity contribution in [1.82, 2.24) is 9.80 Å². The highest BCUT2D eigenvalue weighted by Crippen LogP contribution is 2.29. The predicted molar refractivity (Wildman–Crippen MR) is 79.0 cm³/mol. The molecule has 2 aliphatic rings. The van der Waals surface area contributed by atoms with E-state index in [-0.39, 0.29) is 5.78 Å². The van der Waals surface area contributed by atoms with Crippen LogP contribution in [0.15, 0.2) is 12.1 Å². The number of Topliss-reactive ketones (excluding diaryl/α,β-unsaturated/α-hetero) is 1. The van der Waals surface area contributed by atoms with Gasteiger partial charge in [0.2, 0.25) is 0 Å². The Morgan fingerprint density at radius 1 is 1.21 bits per heavy atom. The molecule has 1 aromatic heterocycles. The Labute approximate surface area is 119 Å². The number of ketones is 1. The number of carbonyl (C=O) groups excluding carboxylic acids is 1. The van der Waals surface area contributed by atoms with Gasteiger partial charge in [-0.1, -0.05) is 0 Å². The first kappa shape index (κ1) is 13.3. The van der Waals surface area contributed by atoms with Crippen molar-refractivity contribution >= 4 is 17.1 Å². The summed E-state index contributed by atoms with van der Waals surface area (Å²) < 4.78 is 0. The van der Waals surface area contributed by atoms with Crippen molar-refractivity contribution in [2.75, 3.05) is 39.3 Å². The average Bonchev–Trinajstić information content (AvgIpc) is 3.11. The van der Waals surface area contributed by atoms with Gasteiger partial charge in [0.25, 0.3) is 0 Å². The number of carbonyl (C=O) groups is 1. The normalized spacial score (nSPS) is 21.7. The number of rotatable bonds is 5.